The molecule has 6 nitrogen and oxygen atoms in total. The number of H-pyrrole nitrogens is 1. The van der Waals surface area contributed by atoms with E-state index in [4.69, 9.17) is 10.5 Å². The van der Waals surface area contributed by atoms with Gasteiger partial charge in [0.05, 0.1) is 16.6 Å². The fraction of sp³-hybridized carbons (Fsp3) is 0.0556. The molecule has 2 aromatic carbocycles. The Morgan fingerprint density at radius 1 is 1.25 bits per heavy atom. The number of hydrogen-bond acceptors (Lipinski definition) is 4. The van der Waals surface area contributed by atoms with Gasteiger partial charge in [0.25, 0.3) is 5.91 Å². The zero-order valence-corrected chi connectivity index (χ0v) is 12.7. The molecule has 0 fully saturated rings. The largest absolute Gasteiger partial charge is 0.483 e. The van der Waals surface area contributed by atoms with Crippen molar-refractivity contribution in [3.05, 3.63) is 59.9 Å². The second-order valence-corrected chi connectivity index (χ2v) is 5.07. The average molecular weight is 318 g/mol. The van der Waals surface area contributed by atoms with Crippen molar-refractivity contribution in [3.8, 4) is 11.8 Å². The van der Waals surface area contributed by atoms with E-state index in [2.05, 4.69) is 16.0 Å². The second kappa shape index (κ2) is 6.67. The quantitative estimate of drug-likeness (QED) is 0.705. The maximum Gasteiger partial charge on any atom is 0.255 e. The summed E-state index contributed by atoms with van der Waals surface area (Å²) < 4.78 is 5.38. The molecular weight excluding hydrogens is 304 g/mol. The molecule has 0 unspecified atom stereocenters. The van der Waals surface area contributed by atoms with Gasteiger partial charge in [-0.1, -0.05) is 30.3 Å². The first-order valence-corrected chi connectivity index (χ1v) is 7.24. The van der Waals surface area contributed by atoms with Crippen LogP contribution in [0.1, 0.15) is 11.4 Å². The van der Waals surface area contributed by atoms with Crippen LogP contribution in [0.15, 0.2) is 48.5 Å². The van der Waals surface area contributed by atoms with Crippen molar-refractivity contribution in [1.82, 2.24) is 9.97 Å². The summed E-state index contributed by atoms with van der Waals surface area (Å²) in [5.41, 5.74) is 7.77. The molecule has 1 heterocycles. The number of nitrogens with one attached hydrogen (secondary N) is 1. The minimum atomic E-state index is -0.563. The molecule has 0 bridgehead atoms. The number of nitriles is 1. The number of aromatic nitrogens is 2. The lowest BCUT2D eigenvalue weighted by Gasteiger charge is -2.07. The summed E-state index contributed by atoms with van der Waals surface area (Å²) in [5, 5.41) is 9.48. The normalized spacial score (nSPS) is 11.2. The van der Waals surface area contributed by atoms with E-state index in [-0.39, 0.29) is 6.61 Å². The van der Waals surface area contributed by atoms with Crippen LogP contribution in [0.25, 0.3) is 22.7 Å². The van der Waals surface area contributed by atoms with Crippen molar-refractivity contribution in [2.75, 3.05) is 6.61 Å². The van der Waals surface area contributed by atoms with Gasteiger partial charge < -0.3 is 15.5 Å². The molecule has 0 aliphatic rings. The predicted molar refractivity (Wildman–Crippen MR) is 90.7 cm³/mol. The van der Waals surface area contributed by atoms with Gasteiger partial charge in [-0.2, -0.15) is 5.26 Å². The summed E-state index contributed by atoms with van der Waals surface area (Å²) in [4.78, 5) is 18.4. The van der Waals surface area contributed by atoms with Crippen molar-refractivity contribution in [2.45, 2.75) is 0 Å². The molecule has 0 saturated heterocycles. The highest BCUT2D eigenvalue weighted by atomic mass is 16.5. The van der Waals surface area contributed by atoms with E-state index in [0.717, 1.165) is 11.0 Å². The molecule has 0 spiro atoms. The molecule has 0 atom stereocenters. The Hall–Kier alpha value is -3.59. The van der Waals surface area contributed by atoms with Gasteiger partial charge in [0.2, 0.25) is 0 Å². The number of nitrogens with zero attached hydrogens (tertiary/aromatic N) is 2. The van der Waals surface area contributed by atoms with Crippen LogP contribution in [-0.2, 0) is 4.79 Å². The maximum atomic E-state index is 10.9. The predicted octanol–water partition coefficient (Wildman–Crippen LogP) is 2.49. The third-order valence-corrected chi connectivity index (χ3v) is 3.35. The van der Waals surface area contributed by atoms with E-state index in [9.17, 15) is 10.1 Å². The highest BCUT2D eigenvalue weighted by Crippen LogP contribution is 2.24. The van der Waals surface area contributed by atoms with Gasteiger partial charge in [0.15, 0.2) is 6.61 Å². The SMILES string of the molecule is N#C/C(=C\c1ccccc1OCC(N)=O)c1nc2ccccc2[nH]1. The fourth-order valence-corrected chi connectivity index (χ4v) is 2.27. The van der Waals surface area contributed by atoms with Gasteiger partial charge in [-0.15, -0.1) is 0 Å². The number of fused-ring (bicyclic) bond motifs is 1. The third-order valence-electron chi connectivity index (χ3n) is 3.35. The number of benzene rings is 2. The van der Waals surface area contributed by atoms with E-state index >= 15 is 0 Å². The Balaban J connectivity index is 1.99. The number of allylic oxidation sites excluding steroid dienone is 1. The van der Waals surface area contributed by atoms with Gasteiger partial charge in [-0.05, 0) is 24.3 Å². The second-order valence-electron chi connectivity index (χ2n) is 5.07. The highest BCUT2D eigenvalue weighted by molar-refractivity contribution is 5.91. The minimum Gasteiger partial charge on any atom is -0.483 e. The number of aromatic amines is 1. The first-order valence-electron chi connectivity index (χ1n) is 7.24. The summed E-state index contributed by atoms with van der Waals surface area (Å²) in [6, 6.07) is 16.8. The third kappa shape index (κ3) is 3.25. The van der Waals surface area contributed by atoms with Crippen LogP contribution in [0.2, 0.25) is 0 Å². The topological polar surface area (TPSA) is 105 Å². The Bertz CT molecular complexity index is 933. The van der Waals surface area contributed by atoms with Crippen LogP contribution in [-0.4, -0.2) is 22.5 Å². The summed E-state index contributed by atoms with van der Waals surface area (Å²) in [6.45, 7) is -0.225. The zero-order chi connectivity index (χ0) is 16.9. The summed E-state index contributed by atoms with van der Waals surface area (Å²) in [7, 11) is 0. The number of hydrogen-bond donors (Lipinski definition) is 2. The van der Waals surface area contributed by atoms with Gasteiger partial charge in [-0.3, -0.25) is 4.79 Å². The molecule has 1 aromatic heterocycles. The Morgan fingerprint density at radius 2 is 2.00 bits per heavy atom. The van der Waals surface area contributed by atoms with Gasteiger partial charge in [0.1, 0.15) is 17.6 Å². The molecule has 0 aliphatic heterocycles. The number of rotatable bonds is 5. The number of carbonyl (C=O) groups excluding carboxylic acids is 1. The number of carbonyl (C=O) groups is 1. The van der Waals surface area contributed by atoms with Crippen molar-refractivity contribution in [1.29, 1.82) is 5.26 Å². The van der Waals surface area contributed by atoms with Crippen LogP contribution in [0.4, 0.5) is 0 Å². The van der Waals surface area contributed by atoms with Crippen LogP contribution in [0, 0.1) is 11.3 Å². The van der Waals surface area contributed by atoms with E-state index in [1.807, 2.05) is 30.3 Å². The van der Waals surface area contributed by atoms with Gasteiger partial charge in [0, 0.05) is 5.56 Å². The number of imidazole rings is 1. The number of ether oxygens (including phenoxy) is 1. The number of nitrogens with two attached hydrogens (primary N) is 1. The van der Waals surface area contributed by atoms with Gasteiger partial charge in [-0.25, -0.2) is 4.98 Å². The van der Waals surface area contributed by atoms with E-state index < -0.39 is 5.91 Å². The molecule has 3 N–H and O–H groups in total. The fourth-order valence-electron chi connectivity index (χ4n) is 2.27. The van der Waals surface area contributed by atoms with E-state index in [1.54, 1.807) is 24.3 Å². The summed E-state index contributed by atoms with van der Waals surface area (Å²) in [5.74, 6) is 0.384. The first kappa shape index (κ1) is 15.3. The van der Waals surface area contributed by atoms with Gasteiger partial charge >= 0.3 is 0 Å². The lowest BCUT2D eigenvalue weighted by Crippen LogP contribution is -2.20. The average Bonchev–Trinajstić information content (AvgIpc) is 3.02. The van der Waals surface area contributed by atoms with Crippen molar-refractivity contribution in [3.63, 3.8) is 0 Å². The lowest BCUT2D eigenvalue weighted by atomic mass is 10.1. The Labute approximate surface area is 138 Å². The Kier molecular flexibility index (Phi) is 4.25. The maximum absolute atomic E-state index is 10.9. The molecule has 0 saturated carbocycles. The van der Waals surface area contributed by atoms with Crippen LogP contribution in [0.3, 0.4) is 0 Å². The Morgan fingerprint density at radius 3 is 2.75 bits per heavy atom. The first-order chi connectivity index (χ1) is 11.7. The molecule has 0 radical (unpaired) electrons. The molecule has 6 heteroatoms. The molecule has 3 rings (SSSR count). The van der Waals surface area contributed by atoms with Crippen molar-refractivity contribution in [2.24, 2.45) is 5.73 Å². The molecular formula is C18H14N4O2. The van der Waals surface area contributed by atoms with Crippen LogP contribution < -0.4 is 10.5 Å². The summed E-state index contributed by atoms with van der Waals surface area (Å²) in [6.07, 6.45) is 1.66. The minimum absolute atomic E-state index is 0.225. The lowest BCUT2D eigenvalue weighted by molar-refractivity contribution is -0.119. The highest BCUT2D eigenvalue weighted by Gasteiger charge is 2.10. The van der Waals surface area contributed by atoms with Crippen molar-refractivity contribution < 1.29 is 9.53 Å². The monoisotopic (exact) mass is 318 g/mol. The van der Waals surface area contributed by atoms with Crippen LogP contribution >= 0.6 is 0 Å². The van der Waals surface area contributed by atoms with Crippen LogP contribution in [0.5, 0.6) is 5.75 Å². The summed E-state index contributed by atoms with van der Waals surface area (Å²) >= 11 is 0. The van der Waals surface area contributed by atoms with E-state index in [0.29, 0.717) is 22.7 Å². The van der Waals surface area contributed by atoms with E-state index in [1.165, 1.54) is 0 Å². The molecule has 24 heavy (non-hydrogen) atoms. The molecule has 1 amide bonds. The molecule has 3 aromatic rings. The molecule has 118 valence electrons. The van der Waals surface area contributed by atoms with Crippen molar-refractivity contribution >= 4 is 28.6 Å². The smallest absolute Gasteiger partial charge is 0.255 e. The standard InChI is InChI=1S/C18H14N4O2/c19-10-13(18-21-14-6-2-3-7-15(14)22-18)9-12-5-1-4-8-16(12)24-11-17(20)23/h1-9H,11H2,(H2,20,23)(H,21,22)/b13-9+. The molecule has 0 aliphatic carbocycles. The zero-order valence-electron chi connectivity index (χ0n) is 12.7. The number of para-hydroxylation sites is 3. The number of primary amides is 1. The number of amides is 1.